The number of carbonyl (C=O) groups excluding carboxylic acids is 1. The first-order valence-electron chi connectivity index (χ1n) is 8.28. The molecule has 0 bridgehead atoms. The van der Waals surface area contributed by atoms with Crippen molar-refractivity contribution in [3.05, 3.63) is 0 Å². The zero-order valence-electron chi connectivity index (χ0n) is 12.4. The Kier molecular flexibility index (Phi) is 6.15. The maximum atomic E-state index is 12.0. The van der Waals surface area contributed by atoms with Gasteiger partial charge in [0.2, 0.25) is 5.91 Å². The molecule has 3 heteroatoms. The lowest BCUT2D eigenvalue weighted by Gasteiger charge is -2.28. The van der Waals surface area contributed by atoms with Gasteiger partial charge in [-0.1, -0.05) is 25.7 Å². The van der Waals surface area contributed by atoms with Gasteiger partial charge in [-0.2, -0.15) is 0 Å². The van der Waals surface area contributed by atoms with Gasteiger partial charge in [0.25, 0.3) is 0 Å². The second kappa shape index (κ2) is 7.88. The van der Waals surface area contributed by atoms with Gasteiger partial charge in [-0.05, 0) is 51.5 Å². The van der Waals surface area contributed by atoms with Crippen LogP contribution in [0.25, 0.3) is 0 Å². The SMILES string of the molecule is C[C@H](NC(=O)CCC1CCCCN1)C1CCCCC1. The van der Waals surface area contributed by atoms with Gasteiger partial charge in [-0.15, -0.1) is 0 Å². The standard InChI is InChI=1S/C16H30N2O/c1-13(14-7-3-2-4-8-14)18-16(19)11-10-15-9-5-6-12-17-15/h13-15,17H,2-12H2,1H3,(H,18,19)/t13-,15?/m0/s1. The van der Waals surface area contributed by atoms with Gasteiger partial charge in [0.1, 0.15) is 0 Å². The first-order chi connectivity index (χ1) is 9.25. The number of rotatable bonds is 5. The number of hydrogen-bond acceptors (Lipinski definition) is 2. The van der Waals surface area contributed by atoms with E-state index in [1.165, 1.54) is 51.4 Å². The number of hydrogen-bond donors (Lipinski definition) is 2. The predicted molar refractivity (Wildman–Crippen MR) is 79.1 cm³/mol. The fourth-order valence-electron chi connectivity index (χ4n) is 3.55. The van der Waals surface area contributed by atoms with Crippen LogP contribution < -0.4 is 10.6 Å². The zero-order valence-corrected chi connectivity index (χ0v) is 12.4. The lowest BCUT2D eigenvalue weighted by Crippen LogP contribution is -2.40. The fraction of sp³-hybridized carbons (Fsp3) is 0.938. The van der Waals surface area contributed by atoms with Gasteiger partial charge in [-0.3, -0.25) is 4.79 Å². The zero-order chi connectivity index (χ0) is 13.5. The van der Waals surface area contributed by atoms with E-state index < -0.39 is 0 Å². The lowest BCUT2D eigenvalue weighted by molar-refractivity contribution is -0.122. The fourth-order valence-corrected chi connectivity index (χ4v) is 3.55. The van der Waals surface area contributed by atoms with Gasteiger partial charge >= 0.3 is 0 Å². The van der Waals surface area contributed by atoms with Crippen molar-refractivity contribution in [2.45, 2.75) is 83.2 Å². The highest BCUT2D eigenvalue weighted by atomic mass is 16.1. The summed E-state index contributed by atoms with van der Waals surface area (Å²) in [6, 6.07) is 0.941. The van der Waals surface area contributed by atoms with Crippen molar-refractivity contribution in [3.63, 3.8) is 0 Å². The van der Waals surface area contributed by atoms with Gasteiger partial charge in [0.15, 0.2) is 0 Å². The van der Waals surface area contributed by atoms with Crippen molar-refractivity contribution >= 4 is 5.91 Å². The minimum Gasteiger partial charge on any atom is -0.353 e. The van der Waals surface area contributed by atoms with Gasteiger partial charge < -0.3 is 10.6 Å². The highest BCUT2D eigenvalue weighted by Crippen LogP contribution is 2.26. The molecule has 3 nitrogen and oxygen atoms in total. The summed E-state index contributed by atoms with van der Waals surface area (Å²) in [6.07, 6.45) is 12.2. The summed E-state index contributed by atoms with van der Waals surface area (Å²) in [6.45, 7) is 3.32. The number of carbonyl (C=O) groups is 1. The summed E-state index contributed by atoms with van der Waals surface area (Å²) in [5.41, 5.74) is 0. The molecule has 1 aliphatic heterocycles. The number of piperidine rings is 1. The van der Waals surface area contributed by atoms with Crippen molar-refractivity contribution in [1.29, 1.82) is 0 Å². The summed E-state index contributed by atoms with van der Waals surface area (Å²) in [5, 5.41) is 6.73. The molecule has 2 aliphatic rings. The molecule has 110 valence electrons. The van der Waals surface area contributed by atoms with E-state index in [2.05, 4.69) is 17.6 Å². The molecule has 19 heavy (non-hydrogen) atoms. The molecule has 2 N–H and O–H groups in total. The normalized spacial score (nSPS) is 26.9. The average Bonchev–Trinajstić information content (AvgIpc) is 2.47. The van der Waals surface area contributed by atoms with Crippen LogP contribution in [-0.4, -0.2) is 24.5 Å². The van der Waals surface area contributed by atoms with Crippen LogP contribution in [0.4, 0.5) is 0 Å². The molecule has 0 radical (unpaired) electrons. The molecule has 2 fully saturated rings. The molecule has 0 spiro atoms. The van der Waals surface area contributed by atoms with Crippen LogP contribution in [0.3, 0.4) is 0 Å². The third-order valence-corrected chi connectivity index (χ3v) is 4.88. The van der Waals surface area contributed by atoms with E-state index in [-0.39, 0.29) is 5.91 Å². The van der Waals surface area contributed by atoms with Crippen molar-refractivity contribution in [1.82, 2.24) is 10.6 Å². The molecule has 1 amide bonds. The quantitative estimate of drug-likeness (QED) is 0.803. The lowest BCUT2D eigenvalue weighted by atomic mass is 9.84. The molecule has 1 saturated heterocycles. The Hall–Kier alpha value is -0.570. The Bertz CT molecular complexity index is 268. The molecule has 2 rings (SSSR count). The third-order valence-electron chi connectivity index (χ3n) is 4.88. The van der Waals surface area contributed by atoms with Crippen LogP contribution >= 0.6 is 0 Å². The Balaban J connectivity index is 1.62. The minimum atomic E-state index is 0.255. The maximum Gasteiger partial charge on any atom is 0.220 e. The Morgan fingerprint density at radius 2 is 1.89 bits per heavy atom. The van der Waals surface area contributed by atoms with E-state index in [9.17, 15) is 4.79 Å². The first-order valence-corrected chi connectivity index (χ1v) is 8.28. The average molecular weight is 266 g/mol. The van der Waals surface area contributed by atoms with Gasteiger partial charge in [0, 0.05) is 18.5 Å². The highest BCUT2D eigenvalue weighted by molar-refractivity contribution is 5.76. The molecule has 1 heterocycles. The van der Waals surface area contributed by atoms with Crippen LogP contribution in [-0.2, 0) is 4.79 Å². The van der Waals surface area contributed by atoms with Gasteiger partial charge in [0.05, 0.1) is 0 Å². The molecule has 1 saturated carbocycles. The number of amides is 1. The summed E-state index contributed by atoms with van der Waals surface area (Å²) in [7, 11) is 0. The highest BCUT2D eigenvalue weighted by Gasteiger charge is 2.21. The monoisotopic (exact) mass is 266 g/mol. The van der Waals surface area contributed by atoms with E-state index in [0.29, 0.717) is 24.4 Å². The second-order valence-corrected chi connectivity index (χ2v) is 6.44. The summed E-state index contributed by atoms with van der Waals surface area (Å²) in [4.78, 5) is 12.0. The van der Waals surface area contributed by atoms with Crippen LogP contribution in [0.5, 0.6) is 0 Å². The largest absolute Gasteiger partial charge is 0.353 e. The summed E-state index contributed by atoms with van der Waals surface area (Å²) < 4.78 is 0. The van der Waals surface area contributed by atoms with Crippen molar-refractivity contribution in [2.24, 2.45) is 5.92 Å². The molecule has 0 aromatic rings. The molecule has 0 aromatic heterocycles. The van der Waals surface area contributed by atoms with Crippen molar-refractivity contribution in [3.8, 4) is 0 Å². The topological polar surface area (TPSA) is 41.1 Å². The molecule has 0 aromatic carbocycles. The molecule has 2 atom stereocenters. The van der Waals surface area contributed by atoms with E-state index >= 15 is 0 Å². The Morgan fingerprint density at radius 1 is 1.16 bits per heavy atom. The first kappa shape index (κ1) is 14.8. The smallest absolute Gasteiger partial charge is 0.220 e. The minimum absolute atomic E-state index is 0.255. The summed E-state index contributed by atoms with van der Waals surface area (Å²) >= 11 is 0. The predicted octanol–water partition coefficient (Wildman–Crippen LogP) is 2.99. The van der Waals surface area contributed by atoms with Crippen LogP contribution in [0, 0.1) is 5.92 Å². The van der Waals surface area contributed by atoms with Gasteiger partial charge in [-0.25, -0.2) is 0 Å². The van der Waals surface area contributed by atoms with E-state index in [4.69, 9.17) is 0 Å². The Morgan fingerprint density at radius 3 is 2.58 bits per heavy atom. The van der Waals surface area contributed by atoms with Crippen LogP contribution in [0.2, 0.25) is 0 Å². The van der Waals surface area contributed by atoms with E-state index in [1.807, 2.05) is 0 Å². The summed E-state index contributed by atoms with van der Waals surface area (Å²) in [5.74, 6) is 0.968. The van der Waals surface area contributed by atoms with Crippen LogP contribution in [0.1, 0.15) is 71.1 Å². The van der Waals surface area contributed by atoms with Crippen molar-refractivity contribution < 1.29 is 4.79 Å². The molecule has 1 aliphatic carbocycles. The van der Waals surface area contributed by atoms with Crippen molar-refractivity contribution in [2.75, 3.05) is 6.54 Å². The molecular weight excluding hydrogens is 236 g/mol. The number of nitrogens with one attached hydrogen (secondary N) is 2. The third kappa shape index (κ3) is 5.13. The Labute approximate surface area is 117 Å². The molecular formula is C16H30N2O. The van der Waals surface area contributed by atoms with E-state index in [0.717, 1.165) is 13.0 Å². The molecule has 1 unspecified atom stereocenters. The van der Waals surface area contributed by atoms with Crippen LogP contribution in [0.15, 0.2) is 0 Å². The maximum absolute atomic E-state index is 12.0. The van der Waals surface area contributed by atoms with E-state index in [1.54, 1.807) is 0 Å². The second-order valence-electron chi connectivity index (χ2n) is 6.44.